The van der Waals surface area contributed by atoms with Crippen LogP contribution in [0.5, 0.6) is 0 Å². The van der Waals surface area contributed by atoms with Crippen molar-refractivity contribution in [3.8, 4) is 11.4 Å². The fraction of sp³-hybridized carbons (Fsp3) is 0.280. The molecule has 10 nitrogen and oxygen atoms in total. The van der Waals surface area contributed by atoms with Crippen molar-refractivity contribution in [1.29, 1.82) is 0 Å². The summed E-state index contributed by atoms with van der Waals surface area (Å²) in [6.45, 7) is 3.49. The zero-order chi connectivity index (χ0) is 24.3. The number of hydrogen-bond acceptors (Lipinski definition) is 8. The molecule has 0 spiro atoms. The van der Waals surface area contributed by atoms with E-state index in [1.165, 1.54) is 17.3 Å². The van der Waals surface area contributed by atoms with Crippen LogP contribution in [0.4, 0.5) is 0 Å². The summed E-state index contributed by atoms with van der Waals surface area (Å²) in [5.41, 5.74) is 1.58. The molecule has 0 bridgehead atoms. The molecule has 3 aromatic heterocycles. The first-order valence-corrected chi connectivity index (χ1v) is 11.3. The second-order valence-electron chi connectivity index (χ2n) is 8.73. The number of fused-ring (bicyclic) bond motifs is 5. The number of benzene rings is 1. The van der Waals surface area contributed by atoms with Crippen molar-refractivity contribution >= 4 is 22.8 Å². The standard InChI is InChI=1S/C25H21N5O5/c1-3-25(35-23(32)14(2)30-13-26-12-27-30)18-9-20-21-16(8-15-6-4-5-7-19(15)28-21)10-29(20)22(31)17(18)11-34-24(25)33/h4-9,12-14H,3,10-11H2,1-2H3/t14?,25-/m0/s1. The minimum atomic E-state index is -1.76. The lowest BCUT2D eigenvalue weighted by Gasteiger charge is -2.36. The summed E-state index contributed by atoms with van der Waals surface area (Å²) >= 11 is 0. The third-order valence-electron chi connectivity index (χ3n) is 6.83. The molecule has 0 fully saturated rings. The molecule has 1 aromatic carbocycles. The minimum Gasteiger partial charge on any atom is -0.457 e. The molecular weight excluding hydrogens is 450 g/mol. The smallest absolute Gasteiger partial charge is 0.355 e. The van der Waals surface area contributed by atoms with E-state index in [1.54, 1.807) is 24.5 Å². The van der Waals surface area contributed by atoms with Crippen molar-refractivity contribution in [2.45, 2.75) is 45.1 Å². The monoisotopic (exact) mass is 471 g/mol. The molecule has 0 saturated carbocycles. The molecule has 1 unspecified atom stereocenters. The van der Waals surface area contributed by atoms with Gasteiger partial charge in [0.05, 0.1) is 29.0 Å². The molecule has 0 aliphatic carbocycles. The van der Waals surface area contributed by atoms with E-state index in [0.29, 0.717) is 29.1 Å². The molecule has 0 amide bonds. The van der Waals surface area contributed by atoms with Crippen LogP contribution in [0.1, 0.15) is 43.0 Å². The highest BCUT2D eigenvalue weighted by Crippen LogP contribution is 2.41. The number of esters is 2. The predicted octanol–water partition coefficient (Wildman–Crippen LogP) is 2.48. The van der Waals surface area contributed by atoms with Gasteiger partial charge in [0.25, 0.3) is 5.56 Å². The van der Waals surface area contributed by atoms with Crippen LogP contribution in [0.25, 0.3) is 22.3 Å². The van der Waals surface area contributed by atoms with Crippen molar-refractivity contribution in [2.75, 3.05) is 0 Å². The first kappa shape index (κ1) is 21.2. The van der Waals surface area contributed by atoms with Crippen LogP contribution < -0.4 is 5.56 Å². The summed E-state index contributed by atoms with van der Waals surface area (Å²) in [6, 6.07) is 10.7. The number of aromatic nitrogens is 5. The highest BCUT2D eigenvalue weighted by Gasteiger charge is 2.51. The van der Waals surface area contributed by atoms with Crippen LogP contribution in [0.15, 0.2) is 53.8 Å². The number of nitrogens with zero attached hydrogens (tertiary/aromatic N) is 5. The van der Waals surface area contributed by atoms with Gasteiger partial charge in [-0.15, -0.1) is 0 Å². The predicted molar refractivity (Wildman–Crippen MR) is 123 cm³/mol. The quantitative estimate of drug-likeness (QED) is 0.367. The summed E-state index contributed by atoms with van der Waals surface area (Å²) < 4.78 is 14.2. The number of hydrogen-bond donors (Lipinski definition) is 0. The van der Waals surface area contributed by atoms with E-state index in [1.807, 2.05) is 30.3 Å². The number of rotatable bonds is 4. The minimum absolute atomic E-state index is 0.0928. The van der Waals surface area contributed by atoms with Gasteiger partial charge in [-0.05, 0) is 31.5 Å². The Bertz CT molecular complexity index is 1580. The fourth-order valence-corrected chi connectivity index (χ4v) is 4.86. The molecule has 35 heavy (non-hydrogen) atoms. The van der Waals surface area contributed by atoms with E-state index in [9.17, 15) is 14.4 Å². The van der Waals surface area contributed by atoms with Gasteiger partial charge in [0, 0.05) is 16.5 Å². The average Bonchev–Trinajstić information content (AvgIpc) is 3.53. The van der Waals surface area contributed by atoms with Gasteiger partial charge in [-0.2, -0.15) is 5.10 Å². The molecule has 176 valence electrons. The lowest BCUT2D eigenvalue weighted by molar-refractivity contribution is -0.191. The zero-order valence-corrected chi connectivity index (χ0v) is 19.1. The molecule has 0 radical (unpaired) electrons. The summed E-state index contributed by atoms with van der Waals surface area (Å²) in [4.78, 5) is 48.4. The van der Waals surface area contributed by atoms with Crippen LogP contribution in [0, 0.1) is 0 Å². The number of carbonyl (C=O) groups is 2. The molecule has 2 atom stereocenters. The van der Waals surface area contributed by atoms with Gasteiger partial charge in [-0.1, -0.05) is 25.1 Å². The lowest BCUT2D eigenvalue weighted by atomic mass is 9.85. The average molecular weight is 471 g/mol. The van der Waals surface area contributed by atoms with Gasteiger partial charge in [0.15, 0.2) is 0 Å². The molecule has 5 heterocycles. The first-order valence-electron chi connectivity index (χ1n) is 11.3. The van der Waals surface area contributed by atoms with Gasteiger partial charge >= 0.3 is 11.9 Å². The first-order chi connectivity index (χ1) is 16.9. The molecule has 4 aromatic rings. The Kier molecular flexibility index (Phi) is 4.60. The molecule has 2 aliphatic heterocycles. The number of carbonyl (C=O) groups excluding carboxylic acids is 2. The normalized spacial score (nSPS) is 19.0. The van der Waals surface area contributed by atoms with Crippen LogP contribution >= 0.6 is 0 Å². The van der Waals surface area contributed by atoms with Gasteiger partial charge in [-0.3, -0.25) is 4.79 Å². The SMILES string of the molecule is CC[C@@]1(OC(=O)C(C)n2cncn2)C(=O)OCc2c1cc1n(c2=O)Cc2cc3ccccc3nc2-1. The Balaban J connectivity index is 1.50. The lowest BCUT2D eigenvalue weighted by Crippen LogP contribution is -2.48. The largest absolute Gasteiger partial charge is 0.457 e. The van der Waals surface area contributed by atoms with Gasteiger partial charge in [0.1, 0.15) is 25.3 Å². The van der Waals surface area contributed by atoms with E-state index in [0.717, 1.165) is 16.5 Å². The van der Waals surface area contributed by atoms with Crippen molar-refractivity contribution in [3.05, 3.63) is 76.1 Å². The summed E-state index contributed by atoms with van der Waals surface area (Å²) in [5.74, 6) is -1.40. The summed E-state index contributed by atoms with van der Waals surface area (Å²) in [7, 11) is 0. The second-order valence-corrected chi connectivity index (χ2v) is 8.73. The maximum Gasteiger partial charge on any atom is 0.355 e. The molecular formula is C25H21N5O5. The Hall–Kier alpha value is -4.34. The van der Waals surface area contributed by atoms with Gasteiger partial charge < -0.3 is 14.0 Å². The van der Waals surface area contributed by atoms with Crippen molar-refractivity contribution in [1.82, 2.24) is 24.3 Å². The Morgan fingerprint density at radius 1 is 1.26 bits per heavy atom. The van der Waals surface area contributed by atoms with Crippen LogP contribution in [0.3, 0.4) is 0 Å². The Morgan fingerprint density at radius 2 is 2.09 bits per heavy atom. The van der Waals surface area contributed by atoms with Gasteiger partial charge in [-0.25, -0.2) is 24.2 Å². The van der Waals surface area contributed by atoms with Crippen molar-refractivity contribution in [2.24, 2.45) is 0 Å². The van der Waals surface area contributed by atoms with E-state index in [2.05, 4.69) is 10.1 Å². The van der Waals surface area contributed by atoms with E-state index >= 15 is 0 Å². The Morgan fingerprint density at radius 3 is 2.86 bits per heavy atom. The van der Waals surface area contributed by atoms with E-state index in [4.69, 9.17) is 14.5 Å². The maximum absolute atomic E-state index is 13.6. The van der Waals surface area contributed by atoms with Crippen LogP contribution in [-0.2, 0) is 37.8 Å². The number of para-hydroxylation sites is 1. The molecule has 10 heteroatoms. The van der Waals surface area contributed by atoms with Gasteiger partial charge in [0.2, 0.25) is 5.60 Å². The molecule has 0 N–H and O–H groups in total. The van der Waals surface area contributed by atoms with E-state index < -0.39 is 23.6 Å². The number of pyridine rings is 2. The summed E-state index contributed by atoms with van der Waals surface area (Å²) in [5, 5.41) is 4.96. The molecule has 6 rings (SSSR count). The van der Waals surface area contributed by atoms with Crippen LogP contribution in [-0.4, -0.2) is 36.3 Å². The fourth-order valence-electron chi connectivity index (χ4n) is 4.86. The zero-order valence-electron chi connectivity index (χ0n) is 19.1. The highest BCUT2D eigenvalue weighted by molar-refractivity contribution is 5.89. The topological polar surface area (TPSA) is 118 Å². The number of ether oxygens (including phenoxy) is 2. The Labute approximate surface area is 199 Å². The van der Waals surface area contributed by atoms with E-state index in [-0.39, 0.29) is 18.6 Å². The van der Waals surface area contributed by atoms with Crippen molar-refractivity contribution in [3.63, 3.8) is 0 Å². The third kappa shape index (κ3) is 3.02. The maximum atomic E-state index is 13.6. The summed E-state index contributed by atoms with van der Waals surface area (Å²) in [6.07, 6.45) is 2.79. The van der Waals surface area contributed by atoms with Crippen molar-refractivity contribution < 1.29 is 19.1 Å². The number of cyclic esters (lactones) is 1. The van der Waals surface area contributed by atoms with Crippen LogP contribution in [0.2, 0.25) is 0 Å². The second kappa shape index (κ2) is 7.59. The highest BCUT2D eigenvalue weighted by atomic mass is 16.6. The third-order valence-corrected chi connectivity index (χ3v) is 6.83. The molecule has 0 saturated heterocycles. The molecule has 2 aliphatic rings.